The molecule has 1 saturated heterocycles. The molecule has 3 rings (SSSR count). The first-order valence-corrected chi connectivity index (χ1v) is 9.52. The van der Waals surface area contributed by atoms with E-state index in [0.29, 0.717) is 31.0 Å². The summed E-state index contributed by atoms with van der Waals surface area (Å²) in [5.41, 5.74) is 6.28. The third-order valence-electron chi connectivity index (χ3n) is 5.87. The summed E-state index contributed by atoms with van der Waals surface area (Å²) in [6.07, 6.45) is 1.76. The second kappa shape index (κ2) is 8.78. The van der Waals surface area contributed by atoms with Crippen molar-refractivity contribution in [2.75, 3.05) is 23.8 Å². The van der Waals surface area contributed by atoms with Crippen LogP contribution in [0.2, 0.25) is 0 Å². The Bertz CT molecular complexity index is 704. The maximum Gasteiger partial charge on any atom is 0.253 e. The molecule has 0 radical (unpaired) electrons. The quantitative estimate of drug-likeness (QED) is 0.667. The molecule has 1 aliphatic heterocycles. The molecule has 0 spiro atoms. The van der Waals surface area contributed by atoms with Gasteiger partial charge in [0.2, 0.25) is 5.91 Å². The van der Waals surface area contributed by atoms with Crippen molar-refractivity contribution >= 4 is 35.6 Å². The molecule has 1 aromatic rings. The highest BCUT2D eigenvalue weighted by molar-refractivity contribution is 6.00. The molecule has 0 bridgehead atoms. The molecule has 2 aliphatic rings. The Hall–Kier alpha value is -1.67. The number of nitrogens with one attached hydrogen (secondary N) is 2. The maximum atomic E-state index is 12.7. The SMILES string of the molecule is CCOC1CC(N)(C(=O)Nc2ccc(NC(=O)C3CCCO3)cc2)C1(C)C.Cl. The fourth-order valence-electron chi connectivity index (χ4n) is 3.71. The van der Waals surface area contributed by atoms with Crippen molar-refractivity contribution in [3.05, 3.63) is 24.3 Å². The van der Waals surface area contributed by atoms with Crippen LogP contribution in [-0.4, -0.2) is 42.8 Å². The van der Waals surface area contributed by atoms with E-state index < -0.39 is 11.0 Å². The van der Waals surface area contributed by atoms with Crippen molar-refractivity contribution in [1.29, 1.82) is 0 Å². The molecule has 2 amide bonds. The predicted molar refractivity (Wildman–Crippen MR) is 111 cm³/mol. The largest absolute Gasteiger partial charge is 0.378 e. The fraction of sp³-hybridized carbons (Fsp3) is 0.600. The zero-order chi connectivity index (χ0) is 19.7. The van der Waals surface area contributed by atoms with Crippen LogP contribution < -0.4 is 16.4 Å². The summed E-state index contributed by atoms with van der Waals surface area (Å²) in [6, 6.07) is 7.00. The summed E-state index contributed by atoms with van der Waals surface area (Å²) in [7, 11) is 0. The molecule has 7 nitrogen and oxygen atoms in total. The Morgan fingerprint density at radius 1 is 1.21 bits per heavy atom. The van der Waals surface area contributed by atoms with Crippen LogP contribution in [-0.2, 0) is 19.1 Å². The number of rotatable bonds is 6. The van der Waals surface area contributed by atoms with Gasteiger partial charge in [0.15, 0.2) is 0 Å². The fourth-order valence-corrected chi connectivity index (χ4v) is 3.71. The highest BCUT2D eigenvalue weighted by Gasteiger charge is 2.62. The topological polar surface area (TPSA) is 103 Å². The Balaban J connectivity index is 0.00000280. The van der Waals surface area contributed by atoms with Gasteiger partial charge in [0, 0.05) is 36.4 Å². The smallest absolute Gasteiger partial charge is 0.253 e. The predicted octanol–water partition coefficient (Wildman–Crippen LogP) is 2.70. The number of anilines is 2. The van der Waals surface area contributed by atoms with Gasteiger partial charge < -0.3 is 25.8 Å². The van der Waals surface area contributed by atoms with Gasteiger partial charge in [-0.05, 0) is 44.0 Å². The molecule has 1 aromatic carbocycles. The Kier molecular flexibility index (Phi) is 7.09. The lowest BCUT2D eigenvalue weighted by Crippen LogP contribution is -2.74. The van der Waals surface area contributed by atoms with Crippen LogP contribution in [0, 0.1) is 5.41 Å². The van der Waals surface area contributed by atoms with Gasteiger partial charge in [-0.2, -0.15) is 0 Å². The molecule has 0 aromatic heterocycles. The van der Waals surface area contributed by atoms with E-state index in [1.54, 1.807) is 24.3 Å². The Morgan fingerprint density at radius 3 is 2.32 bits per heavy atom. The van der Waals surface area contributed by atoms with E-state index in [2.05, 4.69) is 10.6 Å². The lowest BCUT2D eigenvalue weighted by molar-refractivity contribution is -0.166. The zero-order valence-corrected chi connectivity index (χ0v) is 17.4. The van der Waals surface area contributed by atoms with E-state index in [1.807, 2.05) is 20.8 Å². The van der Waals surface area contributed by atoms with E-state index in [-0.39, 0.29) is 36.4 Å². The van der Waals surface area contributed by atoms with Crippen molar-refractivity contribution in [1.82, 2.24) is 0 Å². The minimum Gasteiger partial charge on any atom is -0.378 e. The highest BCUT2D eigenvalue weighted by atomic mass is 35.5. The van der Waals surface area contributed by atoms with Gasteiger partial charge in [0.25, 0.3) is 5.91 Å². The second-order valence-corrected chi connectivity index (χ2v) is 7.86. The number of ether oxygens (including phenoxy) is 2. The van der Waals surface area contributed by atoms with E-state index in [1.165, 1.54) is 0 Å². The summed E-state index contributed by atoms with van der Waals surface area (Å²) in [6.45, 7) is 7.08. The number of halogens is 1. The average Bonchev–Trinajstić information content (AvgIpc) is 3.17. The third kappa shape index (κ3) is 4.17. The van der Waals surface area contributed by atoms with Crippen LogP contribution in [0.4, 0.5) is 11.4 Å². The summed E-state index contributed by atoms with van der Waals surface area (Å²) in [5, 5.41) is 5.71. The number of hydrogen-bond donors (Lipinski definition) is 3. The van der Waals surface area contributed by atoms with Crippen molar-refractivity contribution in [3.8, 4) is 0 Å². The molecular formula is C20H30ClN3O4. The van der Waals surface area contributed by atoms with Gasteiger partial charge in [-0.15, -0.1) is 12.4 Å². The molecule has 156 valence electrons. The highest BCUT2D eigenvalue weighted by Crippen LogP contribution is 2.50. The van der Waals surface area contributed by atoms with Gasteiger partial charge in [-0.25, -0.2) is 0 Å². The Labute approximate surface area is 172 Å². The van der Waals surface area contributed by atoms with E-state index in [0.717, 1.165) is 12.8 Å². The van der Waals surface area contributed by atoms with Crippen LogP contribution in [0.15, 0.2) is 24.3 Å². The first-order chi connectivity index (χ1) is 12.8. The zero-order valence-electron chi connectivity index (χ0n) is 16.6. The number of benzene rings is 1. The summed E-state index contributed by atoms with van der Waals surface area (Å²) in [4.78, 5) is 24.8. The minimum atomic E-state index is -0.973. The van der Waals surface area contributed by atoms with Gasteiger partial charge in [0.1, 0.15) is 11.6 Å². The molecule has 1 heterocycles. The second-order valence-electron chi connectivity index (χ2n) is 7.86. The van der Waals surface area contributed by atoms with Crippen molar-refractivity contribution < 1.29 is 19.1 Å². The molecule has 2 fully saturated rings. The summed E-state index contributed by atoms with van der Waals surface area (Å²) < 4.78 is 11.0. The number of nitrogens with two attached hydrogens (primary N) is 1. The van der Waals surface area contributed by atoms with Crippen LogP contribution in [0.3, 0.4) is 0 Å². The van der Waals surface area contributed by atoms with Gasteiger partial charge in [-0.1, -0.05) is 13.8 Å². The number of hydrogen-bond acceptors (Lipinski definition) is 5. The van der Waals surface area contributed by atoms with E-state index in [9.17, 15) is 9.59 Å². The molecule has 1 aliphatic carbocycles. The monoisotopic (exact) mass is 411 g/mol. The maximum absolute atomic E-state index is 12.7. The van der Waals surface area contributed by atoms with Crippen molar-refractivity contribution in [3.63, 3.8) is 0 Å². The number of carbonyl (C=O) groups excluding carboxylic acids is 2. The molecule has 3 unspecified atom stereocenters. The van der Waals surface area contributed by atoms with Crippen LogP contribution in [0.5, 0.6) is 0 Å². The minimum absolute atomic E-state index is 0. The number of carbonyl (C=O) groups is 2. The van der Waals surface area contributed by atoms with Crippen molar-refractivity contribution in [2.24, 2.45) is 11.1 Å². The van der Waals surface area contributed by atoms with Crippen LogP contribution in [0.25, 0.3) is 0 Å². The third-order valence-corrected chi connectivity index (χ3v) is 5.87. The van der Waals surface area contributed by atoms with Crippen molar-refractivity contribution in [2.45, 2.75) is 57.8 Å². The molecule has 28 heavy (non-hydrogen) atoms. The first-order valence-electron chi connectivity index (χ1n) is 9.52. The standard InChI is InChI=1S/C20H29N3O4.ClH/c1-4-26-16-12-20(21,19(16,2)3)18(25)23-14-9-7-13(8-10-14)22-17(24)15-6-5-11-27-15;/h7-10,15-16H,4-6,11-12,21H2,1-3H3,(H,22,24)(H,23,25);1H. The molecule has 1 saturated carbocycles. The first kappa shape index (κ1) is 22.6. The lowest BCUT2D eigenvalue weighted by atomic mass is 9.54. The molecule has 4 N–H and O–H groups in total. The molecule has 8 heteroatoms. The van der Waals surface area contributed by atoms with E-state index in [4.69, 9.17) is 15.2 Å². The Morgan fingerprint density at radius 2 is 1.82 bits per heavy atom. The normalized spacial score (nSPS) is 28.0. The average molecular weight is 412 g/mol. The summed E-state index contributed by atoms with van der Waals surface area (Å²) in [5.74, 6) is -0.358. The number of amides is 2. The molecular weight excluding hydrogens is 382 g/mol. The summed E-state index contributed by atoms with van der Waals surface area (Å²) >= 11 is 0. The molecule has 3 atom stereocenters. The van der Waals surface area contributed by atoms with Crippen LogP contribution in [0.1, 0.15) is 40.0 Å². The van der Waals surface area contributed by atoms with Gasteiger partial charge >= 0.3 is 0 Å². The van der Waals surface area contributed by atoms with Gasteiger partial charge in [-0.3, -0.25) is 9.59 Å². The lowest BCUT2D eigenvalue weighted by Gasteiger charge is -2.57. The van der Waals surface area contributed by atoms with Gasteiger partial charge in [0.05, 0.1) is 6.10 Å². The van der Waals surface area contributed by atoms with Crippen LogP contribution >= 0.6 is 12.4 Å². The van der Waals surface area contributed by atoms with E-state index >= 15 is 0 Å².